The Bertz CT molecular complexity index is 817. The first-order chi connectivity index (χ1) is 13.3. The van der Waals surface area contributed by atoms with Crippen molar-refractivity contribution in [3.05, 3.63) is 29.8 Å². The summed E-state index contributed by atoms with van der Waals surface area (Å²) in [5, 5.41) is 0. The predicted molar refractivity (Wildman–Crippen MR) is 102 cm³/mol. The molecule has 0 saturated carbocycles. The van der Waals surface area contributed by atoms with Crippen LogP contribution in [0.1, 0.15) is 37.0 Å². The molecular formula is C19H25NO7S. The number of rotatable bonds is 9. The number of amides is 1. The van der Waals surface area contributed by atoms with Crippen molar-refractivity contribution in [2.24, 2.45) is 0 Å². The number of esters is 1. The first-order valence-corrected chi connectivity index (χ1v) is 11.0. The normalized spacial score (nSPS) is 17.7. The summed E-state index contributed by atoms with van der Waals surface area (Å²) in [7, 11) is -3.11. The number of Topliss-reactive ketones (excluding diaryl/α,β-unsaturated/α-hetero) is 1. The van der Waals surface area contributed by atoms with Gasteiger partial charge >= 0.3 is 5.97 Å². The van der Waals surface area contributed by atoms with Crippen molar-refractivity contribution in [3.63, 3.8) is 0 Å². The van der Waals surface area contributed by atoms with Gasteiger partial charge < -0.3 is 14.4 Å². The zero-order valence-electron chi connectivity index (χ0n) is 16.0. The van der Waals surface area contributed by atoms with Crippen LogP contribution in [0.5, 0.6) is 5.75 Å². The monoisotopic (exact) mass is 411 g/mol. The van der Waals surface area contributed by atoms with Crippen LogP contribution in [0, 0.1) is 0 Å². The molecule has 0 spiro atoms. The van der Waals surface area contributed by atoms with Crippen LogP contribution in [0.25, 0.3) is 0 Å². The van der Waals surface area contributed by atoms with Crippen LogP contribution in [-0.2, 0) is 24.2 Å². The van der Waals surface area contributed by atoms with Crippen molar-refractivity contribution in [3.8, 4) is 5.75 Å². The average Bonchev–Trinajstić information content (AvgIpc) is 3.04. The fourth-order valence-corrected chi connectivity index (χ4v) is 4.74. The second kappa shape index (κ2) is 9.68. The third-order valence-electron chi connectivity index (χ3n) is 4.52. The molecule has 1 aliphatic rings. The summed E-state index contributed by atoms with van der Waals surface area (Å²) in [5.74, 6) is -0.711. The molecule has 2 rings (SSSR count). The molecule has 8 nitrogen and oxygen atoms in total. The highest BCUT2D eigenvalue weighted by Crippen LogP contribution is 2.18. The number of sulfone groups is 1. The van der Waals surface area contributed by atoms with Crippen LogP contribution in [-0.4, -0.2) is 68.3 Å². The summed E-state index contributed by atoms with van der Waals surface area (Å²) in [6, 6.07) is 6.03. The Balaban J connectivity index is 1.78. The highest BCUT2D eigenvalue weighted by molar-refractivity contribution is 7.91. The van der Waals surface area contributed by atoms with Crippen LogP contribution < -0.4 is 4.74 Å². The molecule has 28 heavy (non-hydrogen) atoms. The van der Waals surface area contributed by atoms with E-state index in [4.69, 9.17) is 9.47 Å². The Morgan fingerprint density at radius 1 is 1.11 bits per heavy atom. The molecule has 0 radical (unpaired) electrons. The number of hydrogen-bond acceptors (Lipinski definition) is 7. The Morgan fingerprint density at radius 2 is 1.79 bits per heavy atom. The maximum atomic E-state index is 12.3. The molecule has 0 N–H and O–H groups in total. The van der Waals surface area contributed by atoms with Gasteiger partial charge in [0, 0.05) is 24.6 Å². The van der Waals surface area contributed by atoms with E-state index < -0.39 is 28.3 Å². The summed E-state index contributed by atoms with van der Waals surface area (Å²) < 4.78 is 33.4. The van der Waals surface area contributed by atoms with E-state index in [9.17, 15) is 22.8 Å². The largest absolute Gasteiger partial charge is 0.482 e. The summed E-state index contributed by atoms with van der Waals surface area (Å²) in [5.41, 5.74) is 0.566. The number of ether oxygens (including phenoxy) is 2. The number of carbonyl (C=O) groups is 3. The molecule has 0 bridgehead atoms. The van der Waals surface area contributed by atoms with Gasteiger partial charge in [-0.25, -0.2) is 13.2 Å². The van der Waals surface area contributed by atoms with Gasteiger partial charge in [0.1, 0.15) is 5.75 Å². The van der Waals surface area contributed by atoms with Crippen molar-refractivity contribution in [1.82, 2.24) is 4.90 Å². The lowest BCUT2D eigenvalue weighted by atomic mass is 10.1. The molecule has 1 aliphatic heterocycles. The molecule has 0 aliphatic carbocycles. The van der Waals surface area contributed by atoms with Gasteiger partial charge in [-0.15, -0.1) is 0 Å². The van der Waals surface area contributed by atoms with E-state index in [1.807, 2.05) is 0 Å². The number of benzene rings is 1. The van der Waals surface area contributed by atoms with Crippen LogP contribution in [0.2, 0.25) is 0 Å². The van der Waals surface area contributed by atoms with Crippen molar-refractivity contribution in [2.45, 2.75) is 32.7 Å². The first-order valence-electron chi connectivity index (χ1n) is 9.17. The highest BCUT2D eigenvalue weighted by atomic mass is 32.2. The molecule has 0 aromatic heterocycles. The van der Waals surface area contributed by atoms with Crippen LogP contribution in [0.4, 0.5) is 0 Å². The van der Waals surface area contributed by atoms with E-state index in [-0.39, 0.29) is 29.9 Å². The lowest BCUT2D eigenvalue weighted by molar-refractivity contribution is -0.154. The molecular weight excluding hydrogens is 386 g/mol. The maximum absolute atomic E-state index is 12.3. The zero-order chi connectivity index (χ0) is 20.7. The molecule has 1 aromatic carbocycles. The molecule has 1 aromatic rings. The van der Waals surface area contributed by atoms with Crippen molar-refractivity contribution >= 4 is 27.5 Å². The third-order valence-corrected chi connectivity index (χ3v) is 6.27. The van der Waals surface area contributed by atoms with Gasteiger partial charge in [-0.1, -0.05) is 6.92 Å². The smallest absolute Gasteiger partial charge is 0.344 e. The van der Waals surface area contributed by atoms with Crippen molar-refractivity contribution < 1.29 is 32.3 Å². The van der Waals surface area contributed by atoms with Gasteiger partial charge in [-0.05, 0) is 37.6 Å². The molecule has 154 valence electrons. The van der Waals surface area contributed by atoms with Gasteiger partial charge in [0.05, 0.1) is 11.5 Å². The fourth-order valence-electron chi connectivity index (χ4n) is 3.01. The second-order valence-electron chi connectivity index (χ2n) is 6.49. The van der Waals surface area contributed by atoms with E-state index in [0.29, 0.717) is 30.7 Å². The number of hydrogen-bond donors (Lipinski definition) is 0. The Hall–Kier alpha value is -2.42. The van der Waals surface area contributed by atoms with Crippen LogP contribution >= 0.6 is 0 Å². The van der Waals surface area contributed by atoms with Gasteiger partial charge in [0.25, 0.3) is 5.91 Å². The van der Waals surface area contributed by atoms with Gasteiger partial charge in [-0.3, -0.25) is 9.59 Å². The molecule has 1 atom stereocenters. The lowest BCUT2D eigenvalue weighted by Crippen LogP contribution is -2.43. The van der Waals surface area contributed by atoms with Gasteiger partial charge in [-0.2, -0.15) is 0 Å². The fraction of sp³-hybridized carbons (Fsp3) is 0.526. The molecule has 1 unspecified atom stereocenters. The highest BCUT2D eigenvalue weighted by Gasteiger charge is 2.34. The van der Waals surface area contributed by atoms with Gasteiger partial charge in [0.2, 0.25) is 0 Å². The lowest BCUT2D eigenvalue weighted by Gasteiger charge is -2.26. The van der Waals surface area contributed by atoms with Crippen molar-refractivity contribution in [2.75, 3.05) is 31.3 Å². The number of nitrogens with zero attached hydrogens (tertiary/aromatic N) is 1. The SMILES string of the molecule is CCC(=O)c1ccc(OCC(=O)OCC(=O)N(CC)C2CCS(=O)(=O)C2)cc1. The van der Waals surface area contributed by atoms with E-state index in [2.05, 4.69) is 0 Å². The molecule has 1 amide bonds. The van der Waals surface area contributed by atoms with E-state index in [1.165, 1.54) is 4.90 Å². The van der Waals surface area contributed by atoms with Crippen LogP contribution in [0.15, 0.2) is 24.3 Å². The summed E-state index contributed by atoms with van der Waals surface area (Å²) >= 11 is 0. The zero-order valence-corrected chi connectivity index (χ0v) is 16.9. The Labute approximate surface area is 164 Å². The van der Waals surface area contributed by atoms with Gasteiger partial charge in [0.15, 0.2) is 28.8 Å². The summed E-state index contributed by atoms with van der Waals surface area (Å²) in [6.07, 6.45) is 0.803. The van der Waals surface area contributed by atoms with Crippen LogP contribution in [0.3, 0.4) is 0 Å². The first kappa shape index (κ1) is 21.9. The minimum atomic E-state index is -3.11. The van der Waals surface area contributed by atoms with E-state index >= 15 is 0 Å². The Morgan fingerprint density at radius 3 is 2.32 bits per heavy atom. The third kappa shape index (κ3) is 6.05. The summed E-state index contributed by atoms with van der Waals surface area (Å²) in [6.45, 7) is 3.03. The number of carbonyl (C=O) groups excluding carboxylic acids is 3. The molecule has 1 fully saturated rings. The van der Waals surface area contributed by atoms with E-state index in [0.717, 1.165) is 0 Å². The standard InChI is InChI=1S/C19H25NO7S/c1-3-17(21)14-5-7-16(8-6-14)26-12-19(23)27-11-18(22)20(4-2)15-9-10-28(24,25)13-15/h5-8,15H,3-4,9-13H2,1-2H3. The number of likely N-dealkylation sites (N-methyl/N-ethyl adjacent to an activating group) is 1. The molecule has 1 heterocycles. The second-order valence-corrected chi connectivity index (χ2v) is 8.72. The predicted octanol–water partition coefficient (Wildman–Crippen LogP) is 1.24. The Kier molecular flexibility index (Phi) is 7.56. The molecule has 9 heteroatoms. The minimum absolute atomic E-state index is 0.0139. The average molecular weight is 411 g/mol. The summed E-state index contributed by atoms with van der Waals surface area (Å²) in [4.78, 5) is 37.1. The number of ketones is 1. The topological polar surface area (TPSA) is 107 Å². The quantitative estimate of drug-likeness (QED) is 0.444. The maximum Gasteiger partial charge on any atom is 0.344 e. The van der Waals surface area contributed by atoms with E-state index in [1.54, 1.807) is 38.1 Å². The molecule has 1 saturated heterocycles. The van der Waals surface area contributed by atoms with Crippen molar-refractivity contribution in [1.29, 1.82) is 0 Å². The minimum Gasteiger partial charge on any atom is -0.482 e.